The van der Waals surface area contributed by atoms with Gasteiger partial charge in [0.15, 0.2) is 0 Å². The first-order valence-corrected chi connectivity index (χ1v) is 13.4. The number of phenols is 1. The van der Waals surface area contributed by atoms with Gasteiger partial charge in [-0.25, -0.2) is 13.2 Å². The number of esters is 1. The van der Waals surface area contributed by atoms with E-state index in [2.05, 4.69) is 4.90 Å². The lowest BCUT2D eigenvalue weighted by Crippen LogP contribution is -2.36. The van der Waals surface area contributed by atoms with Crippen molar-refractivity contribution in [2.24, 2.45) is 0 Å². The van der Waals surface area contributed by atoms with Crippen LogP contribution in [0.2, 0.25) is 0 Å². The Hall–Kier alpha value is -2.72. The van der Waals surface area contributed by atoms with E-state index in [1.54, 1.807) is 12.1 Å². The second-order valence-corrected chi connectivity index (χ2v) is 11.9. The molecule has 0 bridgehead atoms. The summed E-state index contributed by atoms with van der Waals surface area (Å²) in [5.41, 5.74) is 4.21. The number of nitrogens with zero attached hydrogens (tertiary/aromatic N) is 2. The van der Waals surface area contributed by atoms with Gasteiger partial charge in [0.2, 0.25) is 0 Å². The van der Waals surface area contributed by atoms with Gasteiger partial charge < -0.3 is 9.84 Å². The van der Waals surface area contributed by atoms with E-state index in [9.17, 15) is 18.3 Å². The summed E-state index contributed by atoms with van der Waals surface area (Å²) < 4.78 is 34.1. The summed E-state index contributed by atoms with van der Waals surface area (Å²) >= 11 is 1.19. The Labute approximate surface area is 203 Å². The molecular weight excluding hydrogens is 472 g/mol. The number of thiophene rings is 1. The molecule has 0 aliphatic carbocycles. The first kappa shape index (κ1) is 23.0. The highest BCUT2D eigenvalue weighted by Crippen LogP contribution is 2.39. The highest BCUT2D eigenvalue weighted by molar-refractivity contribution is 7.91. The van der Waals surface area contributed by atoms with E-state index in [1.807, 2.05) is 36.4 Å². The number of benzene rings is 2. The van der Waals surface area contributed by atoms with Crippen molar-refractivity contribution in [3.05, 3.63) is 81.2 Å². The molecule has 0 amide bonds. The number of ether oxygens (including phenoxy) is 1. The number of sulfonamides is 1. The van der Waals surface area contributed by atoms with Crippen molar-refractivity contribution in [1.82, 2.24) is 9.21 Å². The Morgan fingerprint density at radius 3 is 2.50 bits per heavy atom. The molecule has 9 heteroatoms. The molecule has 0 fully saturated rings. The zero-order chi connectivity index (χ0) is 23.9. The average Bonchev–Trinajstić information content (AvgIpc) is 3.24. The fourth-order valence-corrected chi connectivity index (χ4v) is 8.19. The molecule has 0 saturated heterocycles. The van der Waals surface area contributed by atoms with Crippen LogP contribution in [0.4, 0.5) is 0 Å². The molecular formula is C25H26N2O5S2. The van der Waals surface area contributed by atoms with Crippen LogP contribution in [0.25, 0.3) is 0 Å². The molecule has 3 aromatic rings. The molecule has 0 atom stereocenters. The Morgan fingerprint density at radius 1 is 1.03 bits per heavy atom. The fraction of sp³-hybridized carbons (Fsp3) is 0.320. The third-order valence-corrected chi connectivity index (χ3v) is 10.1. The van der Waals surface area contributed by atoms with Gasteiger partial charge in [0.25, 0.3) is 10.0 Å². The molecule has 5 rings (SSSR count). The van der Waals surface area contributed by atoms with E-state index in [1.165, 1.54) is 22.8 Å². The van der Waals surface area contributed by atoms with Crippen LogP contribution in [0.15, 0.2) is 52.7 Å². The average molecular weight is 499 g/mol. The van der Waals surface area contributed by atoms with Crippen LogP contribution in [0.5, 0.6) is 5.75 Å². The predicted molar refractivity (Wildman–Crippen MR) is 129 cm³/mol. The molecule has 1 aromatic heterocycles. The quantitative estimate of drug-likeness (QED) is 0.542. The van der Waals surface area contributed by atoms with E-state index < -0.39 is 16.0 Å². The van der Waals surface area contributed by atoms with Crippen molar-refractivity contribution < 1.29 is 23.1 Å². The van der Waals surface area contributed by atoms with Crippen molar-refractivity contribution in [1.29, 1.82) is 0 Å². The molecule has 1 N–H and O–H groups in total. The van der Waals surface area contributed by atoms with Gasteiger partial charge in [-0.3, -0.25) is 4.90 Å². The largest absolute Gasteiger partial charge is 0.508 e. The molecule has 7 nitrogen and oxygen atoms in total. The van der Waals surface area contributed by atoms with E-state index in [-0.39, 0.29) is 15.5 Å². The lowest BCUT2D eigenvalue weighted by Gasteiger charge is -2.28. The summed E-state index contributed by atoms with van der Waals surface area (Å²) in [6, 6.07) is 15.0. The van der Waals surface area contributed by atoms with Gasteiger partial charge in [0.05, 0.1) is 12.7 Å². The van der Waals surface area contributed by atoms with Gasteiger partial charge in [0.1, 0.15) is 9.96 Å². The third kappa shape index (κ3) is 4.24. The second kappa shape index (κ2) is 9.14. The van der Waals surface area contributed by atoms with Crippen LogP contribution in [0.1, 0.15) is 37.5 Å². The zero-order valence-electron chi connectivity index (χ0n) is 18.9. The Kier molecular flexibility index (Phi) is 6.20. The second-order valence-electron chi connectivity index (χ2n) is 8.64. The summed E-state index contributed by atoms with van der Waals surface area (Å²) in [7, 11) is -2.57. The molecule has 2 aromatic carbocycles. The van der Waals surface area contributed by atoms with Gasteiger partial charge in [-0.15, -0.1) is 11.3 Å². The van der Waals surface area contributed by atoms with Crippen LogP contribution in [0, 0.1) is 0 Å². The number of carbonyl (C=O) groups is 1. The molecule has 178 valence electrons. The van der Waals surface area contributed by atoms with E-state index in [4.69, 9.17) is 4.74 Å². The van der Waals surface area contributed by atoms with Gasteiger partial charge in [-0.2, -0.15) is 4.31 Å². The maximum atomic E-state index is 13.8. The normalized spacial score (nSPS) is 16.6. The summed E-state index contributed by atoms with van der Waals surface area (Å²) in [5, 5.41) is 9.52. The number of rotatable bonds is 5. The van der Waals surface area contributed by atoms with Crippen LogP contribution < -0.4 is 0 Å². The molecule has 0 unspecified atom stereocenters. The molecule has 0 radical (unpaired) electrons. The van der Waals surface area contributed by atoms with E-state index in [0.717, 1.165) is 27.1 Å². The highest BCUT2D eigenvalue weighted by Gasteiger charge is 2.38. The minimum absolute atomic E-state index is 0.0928. The smallest absolute Gasteiger partial charge is 0.340 e. The van der Waals surface area contributed by atoms with Crippen molar-refractivity contribution in [3.63, 3.8) is 0 Å². The molecule has 0 spiro atoms. The minimum atomic E-state index is -3.86. The van der Waals surface area contributed by atoms with E-state index in [0.29, 0.717) is 45.6 Å². The number of hydrogen-bond donors (Lipinski definition) is 1. The monoisotopic (exact) mass is 498 g/mol. The van der Waals surface area contributed by atoms with Crippen LogP contribution in [-0.4, -0.2) is 48.9 Å². The van der Waals surface area contributed by atoms with Gasteiger partial charge in [-0.05, 0) is 47.2 Å². The highest BCUT2D eigenvalue weighted by atomic mass is 32.2. The lowest BCUT2D eigenvalue weighted by molar-refractivity contribution is 0.0595. The molecule has 2 aliphatic rings. The van der Waals surface area contributed by atoms with Gasteiger partial charge in [-0.1, -0.05) is 36.4 Å². The number of carbonyl (C=O) groups excluding carboxylic acids is 1. The Bertz CT molecular complexity index is 1330. The first-order valence-electron chi connectivity index (χ1n) is 11.2. The summed E-state index contributed by atoms with van der Waals surface area (Å²) in [6.07, 6.45) is 1.22. The number of fused-ring (bicyclic) bond motifs is 2. The minimum Gasteiger partial charge on any atom is -0.508 e. The van der Waals surface area contributed by atoms with E-state index >= 15 is 0 Å². The number of phenolic OH excluding ortho intramolecular Hbond substituents is 1. The van der Waals surface area contributed by atoms with Crippen LogP contribution >= 0.6 is 11.3 Å². The molecule has 3 heterocycles. The molecule has 34 heavy (non-hydrogen) atoms. The van der Waals surface area contributed by atoms with Crippen LogP contribution in [0.3, 0.4) is 0 Å². The number of methoxy groups -OCH3 is 1. The first-order chi connectivity index (χ1) is 16.4. The number of hydrogen-bond acceptors (Lipinski definition) is 7. The summed E-state index contributed by atoms with van der Waals surface area (Å²) in [6.45, 7) is 2.62. The SMILES string of the molecule is COC(=O)c1c(S(=O)(=O)N2CCc3ccccc3C2)sc2c1CCN(Cc1ccc(O)cc1)C2. The predicted octanol–water partition coefficient (Wildman–Crippen LogP) is 3.55. The van der Waals surface area contributed by atoms with Gasteiger partial charge in [0, 0.05) is 37.6 Å². The van der Waals surface area contributed by atoms with Crippen LogP contribution in [-0.2, 0) is 47.2 Å². The standard InChI is InChI=1S/C25H26N2O5S2/c1-32-24(29)23-21-11-12-26(14-17-6-8-20(28)9-7-17)16-22(21)33-25(23)34(30,31)27-13-10-18-4-2-3-5-19(18)15-27/h2-9,28H,10-16H2,1H3. The molecule has 0 saturated carbocycles. The number of aromatic hydroxyl groups is 1. The van der Waals surface area contributed by atoms with Crippen molar-refractivity contribution in [2.75, 3.05) is 20.2 Å². The van der Waals surface area contributed by atoms with Crippen molar-refractivity contribution in [2.45, 2.75) is 36.7 Å². The topological polar surface area (TPSA) is 87.2 Å². The summed E-state index contributed by atoms with van der Waals surface area (Å²) in [4.78, 5) is 15.9. The third-order valence-electron chi connectivity index (χ3n) is 6.51. The lowest BCUT2D eigenvalue weighted by atomic mass is 10.0. The van der Waals surface area contributed by atoms with Crippen molar-refractivity contribution >= 4 is 27.3 Å². The maximum absolute atomic E-state index is 13.8. The Morgan fingerprint density at radius 2 is 1.76 bits per heavy atom. The zero-order valence-corrected chi connectivity index (χ0v) is 20.5. The molecule has 2 aliphatic heterocycles. The summed E-state index contributed by atoms with van der Waals surface area (Å²) in [5.74, 6) is -0.374. The maximum Gasteiger partial charge on any atom is 0.340 e. The fourth-order valence-electron chi connectivity index (χ4n) is 4.71. The Balaban J connectivity index is 1.46. The van der Waals surface area contributed by atoms with Gasteiger partial charge >= 0.3 is 5.97 Å². The van der Waals surface area contributed by atoms with Crippen molar-refractivity contribution in [3.8, 4) is 5.75 Å².